The highest BCUT2D eigenvalue weighted by Gasteiger charge is 2.37. The topological polar surface area (TPSA) is 75.7 Å². The van der Waals surface area contributed by atoms with Gasteiger partial charge >= 0.3 is 6.03 Å². The fourth-order valence-corrected chi connectivity index (χ4v) is 4.91. The lowest BCUT2D eigenvalue weighted by molar-refractivity contribution is -0.122. The first kappa shape index (κ1) is 25.6. The molecule has 184 valence electrons. The quantitative estimate of drug-likeness (QED) is 0.217. The highest BCUT2D eigenvalue weighted by molar-refractivity contribution is 14.1. The summed E-state index contributed by atoms with van der Waals surface area (Å²) in [6, 6.07) is 16.3. The van der Waals surface area contributed by atoms with Gasteiger partial charge in [0.25, 0.3) is 11.8 Å². The number of urea groups is 1. The molecule has 4 amide bonds. The molecule has 3 aromatic rings. The number of anilines is 1. The standard InChI is InChI=1S/C28H24FIN2O4/c1-3-19-9-5-6-11-24(19)32-27(34)22(26(33)31-28(32)35)14-18-15-23(30)21(25(16-18)36-4-2)13-17-8-7-10-20(29)12-17/h5-12,14-16H,3-4,13H2,1-2H3,(H,31,33,35)/b22-14-. The van der Waals surface area contributed by atoms with Gasteiger partial charge in [-0.1, -0.05) is 37.3 Å². The zero-order chi connectivity index (χ0) is 25.8. The summed E-state index contributed by atoms with van der Waals surface area (Å²) >= 11 is 2.16. The summed E-state index contributed by atoms with van der Waals surface area (Å²) in [7, 11) is 0. The number of aryl methyl sites for hydroxylation is 1. The molecule has 0 aromatic heterocycles. The van der Waals surface area contributed by atoms with Crippen molar-refractivity contribution in [3.05, 3.63) is 97.9 Å². The minimum Gasteiger partial charge on any atom is -0.494 e. The van der Waals surface area contributed by atoms with Crippen LogP contribution in [0.15, 0.2) is 66.2 Å². The Morgan fingerprint density at radius 3 is 2.53 bits per heavy atom. The average Bonchev–Trinajstić information content (AvgIpc) is 2.84. The van der Waals surface area contributed by atoms with Crippen LogP contribution in [0.3, 0.4) is 0 Å². The molecule has 1 fully saturated rings. The van der Waals surface area contributed by atoms with Gasteiger partial charge < -0.3 is 4.74 Å². The Hall–Kier alpha value is -3.53. The summed E-state index contributed by atoms with van der Waals surface area (Å²) in [5.41, 5.74) is 3.34. The molecule has 8 heteroatoms. The Bertz CT molecular complexity index is 1390. The third kappa shape index (κ3) is 5.33. The molecule has 6 nitrogen and oxygen atoms in total. The van der Waals surface area contributed by atoms with Crippen LogP contribution in [0.1, 0.15) is 36.1 Å². The van der Waals surface area contributed by atoms with Crippen molar-refractivity contribution in [2.75, 3.05) is 11.5 Å². The predicted octanol–water partition coefficient (Wildman–Crippen LogP) is 5.65. The van der Waals surface area contributed by atoms with Crippen molar-refractivity contribution in [2.45, 2.75) is 26.7 Å². The minimum absolute atomic E-state index is 0.156. The molecule has 0 unspecified atom stereocenters. The van der Waals surface area contributed by atoms with E-state index in [1.54, 1.807) is 24.3 Å². The van der Waals surface area contributed by atoms with E-state index < -0.39 is 17.8 Å². The number of benzene rings is 3. The zero-order valence-electron chi connectivity index (χ0n) is 19.8. The number of nitrogens with zero attached hydrogens (tertiary/aromatic N) is 1. The number of nitrogens with one attached hydrogen (secondary N) is 1. The maximum absolute atomic E-state index is 13.7. The van der Waals surface area contributed by atoms with Crippen molar-refractivity contribution in [1.29, 1.82) is 0 Å². The van der Waals surface area contributed by atoms with Crippen LogP contribution in [0.4, 0.5) is 14.9 Å². The molecule has 1 saturated heterocycles. The van der Waals surface area contributed by atoms with Gasteiger partial charge in [0.2, 0.25) is 0 Å². The van der Waals surface area contributed by atoms with Crippen LogP contribution in [-0.4, -0.2) is 24.5 Å². The Morgan fingerprint density at radius 1 is 1.03 bits per heavy atom. The smallest absolute Gasteiger partial charge is 0.335 e. The molecule has 4 rings (SSSR count). The number of hydrogen-bond donors (Lipinski definition) is 1. The highest BCUT2D eigenvalue weighted by Crippen LogP contribution is 2.31. The summed E-state index contributed by atoms with van der Waals surface area (Å²) in [5.74, 6) is -1.19. The molecule has 1 N–H and O–H groups in total. The van der Waals surface area contributed by atoms with Gasteiger partial charge in [-0.3, -0.25) is 14.9 Å². The molecular formula is C28H24FIN2O4. The number of carbonyl (C=O) groups excluding carboxylic acids is 3. The van der Waals surface area contributed by atoms with Gasteiger partial charge in [-0.25, -0.2) is 14.1 Å². The summed E-state index contributed by atoms with van der Waals surface area (Å²) < 4.78 is 20.4. The molecule has 36 heavy (non-hydrogen) atoms. The lowest BCUT2D eigenvalue weighted by Gasteiger charge is -2.28. The lowest BCUT2D eigenvalue weighted by atomic mass is 10.00. The van der Waals surface area contributed by atoms with E-state index in [4.69, 9.17) is 4.74 Å². The Morgan fingerprint density at radius 2 is 1.81 bits per heavy atom. The lowest BCUT2D eigenvalue weighted by Crippen LogP contribution is -2.54. The molecule has 3 aromatic carbocycles. The van der Waals surface area contributed by atoms with Crippen molar-refractivity contribution in [1.82, 2.24) is 5.32 Å². The second kappa shape index (κ2) is 11.0. The molecule has 0 atom stereocenters. The second-order valence-electron chi connectivity index (χ2n) is 8.16. The van der Waals surface area contributed by atoms with Crippen LogP contribution in [0, 0.1) is 9.39 Å². The van der Waals surface area contributed by atoms with Crippen LogP contribution in [-0.2, 0) is 22.4 Å². The fourth-order valence-electron chi connectivity index (χ4n) is 4.09. The maximum atomic E-state index is 13.7. The number of hydrogen-bond acceptors (Lipinski definition) is 4. The van der Waals surface area contributed by atoms with Gasteiger partial charge in [0, 0.05) is 15.6 Å². The van der Waals surface area contributed by atoms with Gasteiger partial charge in [0.05, 0.1) is 12.3 Å². The monoisotopic (exact) mass is 598 g/mol. The van der Waals surface area contributed by atoms with Gasteiger partial charge in [0.1, 0.15) is 17.1 Å². The van der Waals surface area contributed by atoms with Crippen molar-refractivity contribution in [3.63, 3.8) is 0 Å². The van der Waals surface area contributed by atoms with Crippen molar-refractivity contribution in [3.8, 4) is 5.75 Å². The van der Waals surface area contributed by atoms with Crippen LogP contribution in [0.25, 0.3) is 6.08 Å². The highest BCUT2D eigenvalue weighted by atomic mass is 127. The summed E-state index contributed by atoms with van der Waals surface area (Å²) in [5, 5.41) is 2.27. The van der Waals surface area contributed by atoms with Gasteiger partial charge in [-0.05, 0) is 89.0 Å². The normalized spacial score (nSPS) is 14.8. The number of halogens is 2. The van der Waals surface area contributed by atoms with E-state index in [0.717, 1.165) is 25.2 Å². The van der Waals surface area contributed by atoms with E-state index in [1.807, 2.05) is 38.1 Å². The predicted molar refractivity (Wildman–Crippen MR) is 144 cm³/mol. The summed E-state index contributed by atoms with van der Waals surface area (Å²) in [4.78, 5) is 39.6. The van der Waals surface area contributed by atoms with E-state index in [2.05, 4.69) is 27.9 Å². The van der Waals surface area contributed by atoms with Crippen LogP contribution < -0.4 is 15.0 Å². The van der Waals surface area contributed by atoms with Crippen LogP contribution >= 0.6 is 22.6 Å². The first-order valence-electron chi connectivity index (χ1n) is 11.5. The molecule has 0 bridgehead atoms. The van der Waals surface area contributed by atoms with Crippen molar-refractivity contribution >= 4 is 52.2 Å². The van der Waals surface area contributed by atoms with Gasteiger partial charge in [-0.15, -0.1) is 0 Å². The number of ether oxygens (including phenoxy) is 1. The van der Waals surface area contributed by atoms with E-state index >= 15 is 0 Å². The Labute approximate surface area is 222 Å². The maximum Gasteiger partial charge on any atom is 0.335 e. The Kier molecular flexibility index (Phi) is 7.83. The molecule has 0 spiro atoms. The van der Waals surface area contributed by atoms with Crippen molar-refractivity contribution < 1.29 is 23.5 Å². The molecule has 1 heterocycles. The minimum atomic E-state index is -0.780. The van der Waals surface area contributed by atoms with Gasteiger partial charge in [0.15, 0.2) is 0 Å². The molecule has 0 radical (unpaired) electrons. The molecular weight excluding hydrogens is 574 g/mol. The summed E-state index contributed by atoms with van der Waals surface area (Å²) in [6.45, 7) is 4.19. The van der Waals surface area contributed by atoms with Crippen LogP contribution in [0.2, 0.25) is 0 Å². The molecule has 1 aliphatic heterocycles. The second-order valence-corrected chi connectivity index (χ2v) is 9.32. The van der Waals surface area contributed by atoms with E-state index in [-0.39, 0.29) is 11.4 Å². The molecule has 1 aliphatic rings. The molecule has 0 saturated carbocycles. The largest absolute Gasteiger partial charge is 0.494 e. The third-order valence-electron chi connectivity index (χ3n) is 5.77. The first-order valence-corrected chi connectivity index (χ1v) is 12.6. The van der Waals surface area contributed by atoms with Crippen LogP contribution in [0.5, 0.6) is 5.75 Å². The zero-order valence-corrected chi connectivity index (χ0v) is 22.0. The first-order chi connectivity index (χ1) is 17.3. The summed E-state index contributed by atoms with van der Waals surface area (Å²) in [6.07, 6.45) is 2.53. The number of amides is 4. The third-order valence-corrected chi connectivity index (χ3v) is 6.74. The number of imide groups is 2. The van der Waals surface area contributed by atoms with E-state index in [1.165, 1.54) is 18.2 Å². The van der Waals surface area contributed by atoms with Gasteiger partial charge in [-0.2, -0.15) is 0 Å². The number of carbonyl (C=O) groups is 3. The molecule has 0 aliphatic carbocycles. The number of para-hydroxylation sites is 1. The SMILES string of the molecule is CCOc1cc(/C=C2/C(=O)NC(=O)N(c3ccccc3CC)C2=O)cc(I)c1Cc1cccc(F)c1. The number of rotatable bonds is 7. The Balaban J connectivity index is 1.73. The van der Waals surface area contributed by atoms with E-state index in [0.29, 0.717) is 36.4 Å². The van der Waals surface area contributed by atoms with Crippen molar-refractivity contribution in [2.24, 2.45) is 0 Å². The fraction of sp³-hybridized carbons (Fsp3) is 0.179. The average molecular weight is 598 g/mol. The van der Waals surface area contributed by atoms with E-state index in [9.17, 15) is 18.8 Å². The number of barbiturate groups is 1.